The van der Waals surface area contributed by atoms with Crippen molar-refractivity contribution < 1.29 is 23.2 Å². The van der Waals surface area contributed by atoms with Gasteiger partial charge in [-0.3, -0.25) is 19.6 Å². The number of hydrogen-bond acceptors (Lipinski definition) is 7. The first-order valence-corrected chi connectivity index (χ1v) is 10.0. The molecule has 0 aliphatic heterocycles. The van der Waals surface area contributed by atoms with Crippen molar-refractivity contribution in [2.45, 2.75) is 33.9 Å². The maximum atomic E-state index is 12.5. The number of ether oxygens (including phenoxy) is 1. The molecular weight excluding hydrogens is 432 g/mol. The smallest absolute Gasteiger partial charge is 0.387 e. The average Bonchev–Trinajstić information content (AvgIpc) is 3.26. The second-order valence-corrected chi connectivity index (χ2v) is 7.65. The molecule has 0 aliphatic rings. The molecule has 2 aromatic heterocycles. The van der Waals surface area contributed by atoms with Crippen LogP contribution in [0, 0.1) is 29.9 Å². The third kappa shape index (κ3) is 5.20. The number of nitrogens with one attached hydrogen (secondary N) is 1. The highest BCUT2D eigenvalue weighted by molar-refractivity contribution is 7.14. The molecule has 1 atom stereocenters. The highest BCUT2D eigenvalue weighted by atomic mass is 32.1. The molecule has 1 N–H and O–H groups in total. The van der Waals surface area contributed by atoms with E-state index >= 15 is 0 Å². The van der Waals surface area contributed by atoms with Gasteiger partial charge in [-0.25, -0.2) is 4.98 Å². The molecule has 1 aromatic carbocycles. The zero-order chi connectivity index (χ0) is 22.7. The molecule has 1 unspecified atom stereocenters. The topological polar surface area (TPSA) is 112 Å². The van der Waals surface area contributed by atoms with Crippen LogP contribution >= 0.6 is 11.3 Å². The Balaban J connectivity index is 1.64. The molecule has 3 aromatic rings. The second-order valence-electron chi connectivity index (χ2n) is 6.79. The first-order valence-electron chi connectivity index (χ1n) is 9.15. The molecule has 0 aliphatic carbocycles. The summed E-state index contributed by atoms with van der Waals surface area (Å²) < 4.78 is 30.3. The van der Waals surface area contributed by atoms with Crippen molar-refractivity contribution in [3.63, 3.8) is 0 Å². The highest BCUT2D eigenvalue weighted by Gasteiger charge is 2.24. The number of carbonyl (C=O) groups is 1. The van der Waals surface area contributed by atoms with E-state index in [4.69, 9.17) is 0 Å². The monoisotopic (exact) mass is 451 g/mol. The number of anilines is 1. The van der Waals surface area contributed by atoms with Gasteiger partial charge < -0.3 is 10.1 Å². The van der Waals surface area contributed by atoms with Crippen LogP contribution in [0.5, 0.6) is 5.75 Å². The van der Waals surface area contributed by atoms with E-state index in [2.05, 4.69) is 20.1 Å². The molecule has 12 heteroatoms. The standard InChI is InChI=1S/C19H19F2N5O4S/c1-10(8-25-12(3)16(26(28)29)11(2)24-25)17(27)23-19-22-15(9-31-19)13-4-6-14(7-5-13)30-18(20)21/h4-7,9-10,18H,8H2,1-3H3,(H,22,23,27). The number of halogens is 2. The minimum absolute atomic E-state index is 0.0423. The fourth-order valence-corrected chi connectivity index (χ4v) is 3.69. The Morgan fingerprint density at radius 2 is 2.00 bits per heavy atom. The molecule has 0 radical (unpaired) electrons. The van der Waals surface area contributed by atoms with E-state index in [0.29, 0.717) is 27.8 Å². The molecule has 0 saturated heterocycles. The number of alkyl halides is 2. The molecule has 0 saturated carbocycles. The minimum Gasteiger partial charge on any atom is -0.435 e. The van der Waals surface area contributed by atoms with E-state index in [1.165, 1.54) is 28.2 Å². The predicted octanol–water partition coefficient (Wildman–Crippen LogP) is 4.41. The quantitative estimate of drug-likeness (QED) is 0.401. The summed E-state index contributed by atoms with van der Waals surface area (Å²) in [5.74, 6) is -0.784. The van der Waals surface area contributed by atoms with Crippen LogP contribution in [0.1, 0.15) is 18.3 Å². The normalized spacial score (nSPS) is 12.1. The zero-order valence-electron chi connectivity index (χ0n) is 16.8. The second kappa shape index (κ2) is 9.16. The van der Waals surface area contributed by atoms with Crippen molar-refractivity contribution in [1.82, 2.24) is 14.8 Å². The number of aromatic nitrogens is 3. The van der Waals surface area contributed by atoms with Crippen LogP contribution < -0.4 is 10.1 Å². The number of carbonyl (C=O) groups excluding carboxylic acids is 1. The summed E-state index contributed by atoms with van der Waals surface area (Å²) >= 11 is 1.22. The van der Waals surface area contributed by atoms with Crippen molar-refractivity contribution in [2.75, 3.05) is 5.32 Å². The number of nitro groups is 1. The predicted molar refractivity (Wildman–Crippen MR) is 110 cm³/mol. The molecule has 0 spiro atoms. The zero-order valence-corrected chi connectivity index (χ0v) is 17.7. The highest BCUT2D eigenvalue weighted by Crippen LogP contribution is 2.27. The van der Waals surface area contributed by atoms with Gasteiger partial charge in [-0.1, -0.05) is 6.92 Å². The number of amides is 1. The van der Waals surface area contributed by atoms with Gasteiger partial charge in [-0.05, 0) is 38.1 Å². The lowest BCUT2D eigenvalue weighted by Crippen LogP contribution is -2.25. The van der Waals surface area contributed by atoms with Crippen molar-refractivity contribution in [3.05, 3.63) is 51.1 Å². The number of benzene rings is 1. The largest absolute Gasteiger partial charge is 0.435 e. The van der Waals surface area contributed by atoms with Gasteiger partial charge in [0.25, 0.3) is 0 Å². The van der Waals surface area contributed by atoms with Gasteiger partial charge in [0, 0.05) is 10.9 Å². The van der Waals surface area contributed by atoms with Crippen LogP contribution in [0.25, 0.3) is 11.3 Å². The summed E-state index contributed by atoms with van der Waals surface area (Å²) in [7, 11) is 0. The number of thiazole rings is 1. The van der Waals surface area contributed by atoms with Gasteiger partial charge in [-0.15, -0.1) is 11.3 Å². The van der Waals surface area contributed by atoms with Gasteiger partial charge >= 0.3 is 12.3 Å². The van der Waals surface area contributed by atoms with E-state index < -0.39 is 17.5 Å². The lowest BCUT2D eigenvalue weighted by atomic mass is 10.1. The maximum absolute atomic E-state index is 12.5. The van der Waals surface area contributed by atoms with Crippen molar-refractivity contribution in [2.24, 2.45) is 5.92 Å². The molecular formula is C19H19F2N5O4S. The van der Waals surface area contributed by atoms with Crippen LogP contribution in [0.4, 0.5) is 19.6 Å². The molecule has 2 heterocycles. The average molecular weight is 451 g/mol. The van der Waals surface area contributed by atoms with Crippen molar-refractivity contribution >= 4 is 28.1 Å². The summed E-state index contributed by atoms with van der Waals surface area (Å²) in [6, 6.07) is 6.01. The Kier molecular flexibility index (Phi) is 6.59. The Hall–Kier alpha value is -3.41. The van der Waals surface area contributed by atoms with Crippen molar-refractivity contribution in [1.29, 1.82) is 0 Å². The first-order chi connectivity index (χ1) is 14.7. The van der Waals surface area contributed by atoms with E-state index in [1.807, 2.05) is 0 Å². The van der Waals surface area contributed by atoms with Gasteiger partial charge in [-0.2, -0.15) is 13.9 Å². The Morgan fingerprint density at radius 3 is 2.58 bits per heavy atom. The fourth-order valence-electron chi connectivity index (χ4n) is 2.97. The molecule has 164 valence electrons. The number of rotatable bonds is 8. The van der Waals surface area contributed by atoms with Gasteiger partial charge in [0.2, 0.25) is 5.91 Å². The molecule has 31 heavy (non-hydrogen) atoms. The molecule has 1 amide bonds. The Bertz CT molecular complexity index is 1100. The van der Waals surface area contributed by atoms with Crippen LogP contribution in [0.15, 0.2) is 29.6 Å². The minimum atomic E-state index is -2.89. The van der Waals surface area contributed by atoms with Gasteiger partial charge in [0.05, 0.1) is 23.1 Å². The molecule has 0 fully saturated rings. The number of aryl methyl sites for hydroxylation is 1. The van der Waals surface area contributed by atoms with E-state index in [0.717, 1.165) is 0 Å². The SMILES string of the molecule is Cc1nn(CC(C)C(=O)Nc2nc(-c3ccc(OC(F)F)cc3)cs2)c(C)c1[N+](=O)[O-]. The summed E-state index contributed by atoms with van der Waals surface area (Å²) in [4.78, 5) is 27.5. The lowest BCUT2D eigenvalue weighted by Gasteiger charge is -2.11. The maximum Gasteiger partial charge on any atom is 0.387 e. The third-order valence-electron chi connectivity index (χ3n) is 4.53. The van der Waals surface area contributed by atoms with Crippen LogP contribution in [0.2, 0.25) is 0 Å². The van der Waals surface area contributed by atoms with Gasteiger partial charge in [0.15, 0.2) is 5.13 Å². The Morgan fingerprint density at radius 1 is 1.32 bits per heavy atom. The van der Waals surface area contributed by atoms with Crippen LogP contribution in [-0.2, 0) is 11.3 Å². The van der Waals surface area contributed by atoms with Gasteiger partial charge in [0.1, 0.15) is 17.1 Å². The Labute approximate surface area is 179 Å². The van der Waals surface area contributed by atoms with E-state index in [9.17, 15) is 23.7 Å². The van der Waals surface area contributed by atoms with E-state index in [-0.39, 0.29) is 23.9 Å². The summed E-state index contributed by atoms with van der Waals surface area (Å²) in [5.41, 5.74) is 1.89. The summed E-state index contributed by atoms with van der Waals surface area (Å²) in [6.07, 6.45) is 0. The van der Waals surface area contributed by atoms with Crippen molar-refractivity contribution in [3.8, 4) is 17.0 Å². The number of hydrogen-bond donors (Lipinski definition) is 1. The summed E-state index contributed by atoms with van der Waals surface area (Å²) in [6.45, 7) is 2.11. The first kappa shape index (κ1) is 22.3. The summed E-state index contributed by atoms with van der Waals surface area (Å²) in [5, 5.41) is 20.1. The van der Waals surface area contributed by atoms with E-state index in [1.54, 1.807) is 38.3 Å². The van der Waals surface area contributed by atoms with Crippen LogP contribution in [0.3, 0.4) is 0 Å². The lowest BCUT2D eigenvalue weighted by molar-refractivity contribution is -0.386. The molecule has 0 bridgehead atoms. The molecule has 3 rings (SSSR count). The molecule has 9 nitrogen and oxygen atoms in total. The third-order valence-corrected chi connectivity index (χ3v) is 5.29. The van der Waals surface area contributed by atoms with Crippen LogP contribution in [-0.4, -0.2) is 32.2 Å². The number of nitrogens with zero attached hydrogens (tertiary/aromatic N) is 4. The fraction of sp³-hybridized carbons (Fsp3) is 0.316.